The minimum atomic E-state index is -3.28. The van der Waals surface area contributed by atoms with E-state index in [0.717, 1.165) is 42.7 Å². The van der Waals surface area contributed by atoms with E-state index in [1.54, 1.807) is 12.1 Å². The monoisotopic (exact) mass is 397 g/mol. The van der Waals surface area contributed by atoms with Gasteiger partial charge >= 0.3 is 0 Å². The number of oxazole rings is 1. The van der Waals surface area contributed by atoms with Gasteiger partial charge in [0.2, 0.25) is 15.9 Å². The van der Waals surface area contributed by atoms with Gasteiger partial charge in [-0.2, -0.15) is 0 Å². The van der Waals surface area contributed by atoms with Crippen molar-refractivity contribution >= 4 is 38.6 Å². The highest BCUT2D eigenvalue weighted by Gasteiger charge is 2.34. The summed E-state index contributed by atoms with van der Waals surface area (Å²) in [6.07, 6.45) is 3.68. The Morgan fingerprint density at radius 2 is 2.00 bits per heavy atom. The lowest BCUT2D eigenvalue weighted by Gasteiger charge is -2.28. The molecule has 0 radical (unpaired) electrons. The van der Waals surface area contributed by atoms with Crippen LogP contribution in [0.5, 0.6) is 0 Å². The first-order valence-electron chi connectivity index (χ1n) is 8.76. The van der Waals surface area contributed by atoms with Gasteiger partial charge in [-0.3, -0.25) is 4.79 Å². The fraction of sp³-hybridized carbons (Fsp3) is 0.529. The molecule has 0 spiro atoms. The summed E-state index contributed by atoms with van der Waals surface area (Å²) in [6.45, 7) is 0. The minimum absolute atomic E-state index is 0.0135. The second-order valence-corrected chi connectivity index (χ2v) is 9.31. The number of carbonyl (C=O) groups excluding carboxylic acids is 1. The molecule has 1 aromatic heterocycles. The molecule has 2 aromatic rings. The van der Waals surface area contributed by atoms with Gasteiger partial charge in [-0.1, -0.05) is 11.6 Å². The van der Waals surface area contributed by atoms with E-state index in [2.05, 4.69) is 15.0 Å². The molecule has 1 saturated heterocycles. The van der Waals surface area contributed by atoms with Crippen molar-refractivity contribution < 1.29 is 17.6 Å². The Hall–Kier alpha value is -1.64. The van der Waals surface area contributed by atoms with Crippen molar-refractivity contribution in [1.29, 1.82) is 0 Å². The molecule has 9 heteroatoms. The molecule has 1 atom stereocenters. The Labute approximate surface area is 156 Å². The summed E-state index contributed by atoms with van der Waals surface area (Å²) in [5, 5.41) is 3.60. The van der Waals surface area contributed by atoms with Gasteiger partial charge in [0.25, 0.3) is 0 Å². The molecule has 7 nitrogen and oxygen atoms in total. The Morgan fingerprint density at radius 3 is 2.69 bits per heavy atom. The quantitative estimate of drug-likeness (QED) is 0.827. The first-order chi connectivity index (χ1) is 12.4. The molecule has 2 fully saturated rings. The SMILES string of the molecule is O=C(NC1CCC(c2nc3cc(Cl)ccc3o2)CC1)C1CCS(=O)(=O)N1. The number of benzene rings is 1. The molecule has 0 bridgehead atoms. The summed E-state index contributed by atoms with van der Waals surface area (Å²) in [6, 6.07) is 4.81. The average Bonchev–Trinajstić information content (AvgIpc) is 3.18. The van der Waals surface area contributed by atoms with Crippen molar-refractivity contribution in [2.24, 2.45) is 0 Å². The highest BCUT2D eigenvalue weighted by atomic mass is 35.5. The maximum absolute atomic E-state index is 12.2. The molecule has 1 saturated carbocycles. The van der Waals surface area contributed by atoms with Gasteiger partial charge in [0.15, 0.2) is 11.5 Å². The maximum atomic E-state index is 12.2. The van der Waals surface area contributed by atoms with Crippen molar-refractivity contribution in [1.82, 2.24) is 15.0 Å². The van der Waals surface area contributed by atoms with Gasteiger partial charge in [0.05, 0.1) is 5.75 Å². The first-order valence-corrected chi connectivity index (χ1v) is 10.8. The number of amides is 1. The van der Waals surface area contributed by atoms with Crippen LogP contribution in [-0.2, 0) is 14.8 Å². The third kappa shape index (κ3) is 3.72. The van der Waals surface area contributed by atoms with Gasteiger partial charge in [-0.25, -0.2) is 18.1 Å². The summed E-state index contributed by atoms with van der Waals surface area (Å²) < 4.78 is 31.1. The van der Waals surface area contributed by atoms with Crippen LogP contribution >= 0.6 is 11.6 Å². The zero-order chi connectivity index (χ0) is 18.3. The van der Waals surface area contributed by atoms with Crippen LogP contribution in [0.25, 0.3) is 11.1 Å². The highest BCUT2D eigenvalue weighted by molar-refractivity contribution is 7.89. The molecular weight excluding hydrogens is 378 g/mol. The molecule has 1 aliphatic carbocycles. The smallest absolute Gasteiger partial charge is 0.238 e. The van der Waals surface area contributed by atoms with E-state index in [1.807, 2.05) is 6.07 Å². The second kappa shape index (κ2) is 6.83. The zero-order valence-electron chi connectivity index (χ0n) is 14.1. The Balaban J connectivity index is 1.34. The lowest BCUT2D eigenvalue weighted by molar-refractivity contribution is -0.123. The lowest BCUT2D eigenvalue weighted by Crippen LogP contribution is -2.46. The number of nitrogens with one attached hydrogen (secondary N) is 2. The van der Waals surface area contributed by atoms with Crippen LogP contribution in [0, 0.1) is 0 Å². The van der Waals surface area contributed by atoms with E-state index < -0.39 is 16.1 Å². The summed E-state index contributed by atoms with van der Waals surface area (Å²) in [7, 11) is -3.28. The number of sulfonamides is 1. The van der Waals surface area contributed by atoms with Crippen LogP contribution in [0.15, 0.2) is 22.6 Å². The largest absolute Gasteiger partial charge is 0.440 e. The van der Waals surface area contributed by atoms with Gasteiger partial charge in [-0.15, -0.1) is 0 Å². The number of rotatable bonds is 3. The van der Waals surface area contributed by atoms with E-state index in [9.17, 15) is 13.2 Å². The number of fused-ring (bicyclic) bond motifs is 1. The third-order valence-electron chi connectivity index (χ3n) is 5.10. The number of halogens is 1. The van der Waals surface area contributed by atoms with Crippen molar-refractivity contribution in [3.63, 3.8) is 0 Å². The fourth-order valence-electron chi connectivity index (χ4n) is 3.67. The van der Waals surface area contributed by atoms with E-state index in [0.29, 0.717) is 11.4 Å². The van der Waals surface area contributed by atoms with Crippen LogP contribution in [0.1, 0.15) is 43.9 Å². The Kier molecular flexibility index (Phi) is 4.66. The standard InChI is InChI=1S/C17H20ClN3O4S/c18-11-3-6-15-14(9-11)20-17(25-15)10-1-4-12(5-2-10)19-16(22)13-7-8-26(23,24)21-13/h3,6,9-10,12-13,21H,1-2,4-5,7-8H2,(H,19,22). The van der Waals surface area contributed by atoms with Crippen LogP contribution < -0.4 is 10.0 Å². The fourth-order valence-corrected chi connectivity index (χ4v) is 5.16. The molecule has 2 heterocycles. The Bertz CT molecular complexity index is 935. The van der Waals surface area contributed by atoms with Crippen molar-refractivity contribution in [2.75, 3.05) is 5.75 Å². The number of hydrogen-bond donors (Lipinski definition) is 2. The minimum Gasteiger partial charge on any atom is -0.440 e. The molecule has 1 aliphatic heterocycles. The molecule has 140 valence electrons. The molecule has 2 aliphatic rings. The summed E-state index contributed by atoms with van der Waals surface area (Å²) in [5.74, 6) is 0.723. The summed E-state index contributed by atoms with van der Waals surface area (Å²) >= 11 is 5.99. The van der Waals surface area contributed by atoms with Crippen LogP contribution in [-0.4, -0.2) is 37.1 Å². The Morgan fingerprint density at radius 1 is 1.23 bits per heavy atom. The van der Waals surface area contributed by atoms with E-state index in [1.165, 1.54) is 0 Å². The average molecular weight is 398 g/mol. The normalized spacial score (nSPS) is 28.3. The van der Waals surface area contributed by atoms with E-state index in [-0.39, 0.29) is 23.6 Å². The number of carbonyl (C=O) groups is 1. The van der Waals surface area contributed by atoms with Crippen molar-refractivity contribution in [3.8, 4) is 0 Å². The van der Waals surface area contributed by atoms with Crippen LogP contribution in [0.3, 0.4) is 0 Å². The van der Waals surface area contributed by atoms with Gasteiger partial charge < -0.3 is 9.73 Å². The predicted molar refractivity (Wildman–Crippen MR) is 97.5 cm³/mol. The van der Waals surface area contributed by atoms with E-state index >= 15 is 0 Å². The number of nitrogens with zero attached hydrogens (tertiary/aromatic N) is 1. The summed E-state index contributed by atoms with van der Waals surface area (Å²) in [4.78, 5) is 16.8. The molecule has 1 aromatic carbocycles. The van der Waals surface area contributed by atoms with Gasteiger partial charge in [0, 0.05) is 17.0 Å². The highest BCUT2D eigenvalue weighted by Crippen LogP contribution is 2.34. The molecule has 1 unspecified atom stereocenters. The topological polar surface area (TPSA) is 101 Å². The number of hydrogen-bond acceptors (Lipinski definition) is 5. The summed E-state index contributed by atoms with van der Waals surface area (Å²) in [5.41, 5.74) is 1.49. The molecule has 4 rings (SSSR count). The van der Waals surface area contributed by atoms with Crippen molar-refractivity contribution in [2.45, 2.75) is 50.1 Å². The molecule has 26 heavy (non-hydrogen) atoms. The second-order valence-electron chi connectivity index (χ2n) is 7.00. The van der Waals surface area contributed by atoms with Crippen LogP contribution in [0.4, 0.5) is 0 Å². The third-order valence-corrected chi connectivity index (χ3v) is 6.75. The maximum Gasteiger partial charge on any atom is 0.238 e. The predicted octanol–water partition coefficient (Wildman–Crippen LogP) is 2.32. The van der Waals surface area contributed by atoms with Gasteiger partial charge in [0.1, 0.15) is 11.6 Å². The molecule has 1 amide bonds. The van der Waals surface area contributed by atoms with E-state index in [4.69, 9.17) is 16.0 Å². The van der Waals surface area contributed by atoms with Gasteiger partial charge in [-0.05, 0) is 50.3 Å². The van der Waals surface area contributed by atoms with Crippen molar-refractivity contribution in [3.05, 3.63) is 29.1 Å². The lowest BCUT2D eigenvalue weighted by atomic mass is 9.86. The first kappa shape index (κ1) is 17.8. The molecular formula is C17H20ClN3O4S. The zero-order valence-corrected chi connectivity index (χ0v) is 15.6. The number of aromatic nitrogens is 1. The van der Waals surface area contributed by atoms with Crippen LogP contribution in [0.2, 0.25) is 5.02 Å². The molecule has 2 N–H and O–H groups in total.